The van der Waals surface area contributed by atoms with Crippen molar-refractivity contribution in [2.45, 2.75) is 44.2 Å². The summed E-state index contributed by atoms with van der Waals surface area (Å²) in [4.78, 5) is 5.07. The Morgan fingerprint density at radius 3 is 2.09 bits per heavy atom. The highest BCUT2D eigenvalue weighted by atomic mass is 16.5. The van der Waals surface area contributed by atoms with Crippen molar-refractivity contribution in [3.8, 4) is 17.2 Å². The number of likely N-dealkylation sites (tertiary alicyclic amines) is 2. The van der Waals surface area contributed by atoms with Gasteiger partial charge in [0.05, 0.1) is 14.2 Å². The molecule has 0 amide bonds. The number of β-amino-alcohol motifs (C(OH)–C–C–N with tert-alkyl or cyclic N) is 1. The standard InChI is InChI=1S/C29H40N2O4/c1-33-28-18-24(19-29(20-28)34-2)7-6-23-8-10-27(11-9-23)35-22-26(32)21-30-16-12-25(13-17-30)31-14-4-3-5-15-31/h6-11,18-20,25-26,32H,3-5,12-17,21-22H2,1-2H3/b7-6+. The summed E-state index contributed by atoms with van der Waals surface area (Å²) in [5, 5.41) is 10.5. The Balaban J connectivity index is 1.19. The van der Waals surface area contributed by atoms with Crippen molar-refractivity contribution < 1.29 is 19.3 Å². The van der Waals surface area contributed by atoms with E-state index in [1.807, 2.05) is 54.6 Å². The molecule has 0 aromatic heterocycles. The third-order valence-electron chi connectivity index (χ3n) is 7.10. The van der Waals surface area contributed by atoms with E-state index in [1.54, 1.807) is 14.2 Å². The molecule has 190 valence electrons. The predicted molar refractivity (Wildman–Crippen MR) is 141 cm³/mol. The summed E-state index contributed by atoms with van der Waals surface area (Å²) in [5.74, 6) is 2.29. The van der Waals surface area contributed by atoms with Crippen LogP contribution in [0.25, 0.3) is 12.2 Å². The molecule has 2 heterocycles. The summed E-state index contributed by atoms with van der Waals surface area (Å²) in [7, 11) is 3.30. The summed E-state index contributed by atoms with van der Waals surface area (Å²) < 4.78 is 16.5. The van der Waals surface area contributed by atoms with Gasteiger partial charge in [-0.05, 0) is 87.3 Å². The van der Waals surface area contributed by atoms with Crippen molar-refractivity contribution >= 4 is 12.2 Å². The summed E-state index contributed by atoms with van der Waals surface area (Å²) in [6, 6.07) is 14.4. The van der Waals surface area contributed by atoms with Crippen LogP contribution in [0.5, 0.6) is 17.2 Å². The number of rotatable bonds is 10. The van der Waals surface area contributed by atoms with Gasteiger partial charge in [0.2, 0.25) is 0 Å². The molecule has 1 N–H and O–H groups in total. The minimum Gasteiger partial charge on any atom is -0.497 e. The fourth-order valence-electron chi connectivity index (χ4n) is 5.09. The van der Waals surface area contributed by atoms with Gasteiger partial charge < -0.3 is 29.1 Å². The van der Waals surface area contributed by atoms with Crippen LogP contribution in [0.4, 0.5) is 0 Å². The second-order valence-corrected chi connectivity index (χ2v) is 9.64. The highest BCUT2D eigenvalue weighted by Gasteiger charge is 2.26. The van der Waals surface area contributed by atoms with Crippen LogP contribution >= 0.6 is 0 Å². The molecule has 0 radical (unpaired) electrons. The van der Waals surface area contributed by atoms with Crippen molar-refractivity contribution in [1.82, 2.24) is 9.80 Å². The molecule has 6 heteroatoms. The lowest BCUT2D eigenvalue weighted by Crippen LogP contribution is -2.48. The summed E-state index contributed by atoms with van der Waals surface area (Å²) >= 11 is 0. The SMILES string of the molecule is COc1cc(/C=C/c2ccc(OCC(O)CN3CCC(N4CCCCC4)CC3)cc2)cc(OC)c1. The minimum atomic E-state index is -0.482. The molecule has 2 aliphatic rings. The molecule has 0 bridgehead atoms. The number of piperidine rings is 2. The maximum absolute atomic E-state index is 10.5. The first-order chi connectivity index (χ1) is 17.1. The van der Waals surface area contributed by atoms with E-state index in [2.05, 4.69) is 9.80 Å². The monoisotopic (exact) mass is 480 g/mol. The molecule has 1 atom stereocenters. The van der Waals surface area contributed by atoms with Crippen LogP contribution in [0.3, 0.4) is 0 Å². The minimum absolute atomic E-state index is 0.310. The molecule has 0 spiro atoms. The fourth-order valence-corrected chi connectivity index (χ4v) is 5.09. The summed E-state index contributed by atoms with van der Waals surface area (Å²) in [6.07, 6.45) is 10.1. The fraction of sp³-hybridized carbons (Fsp3) is 0.517. The van der Waals surface area contributed by atoms with Gasteiger partial charge in [-0.1, -0.05) is 30.7 Å². The first kappa shape index (κ1) is 25.5. The summed E-state index contributed by atoms with van der Waals surface area (Å²) in [6.45, 7) is 5.66. The topological polar surface area (TPSA) is 54.4 Å². The number of aliphatic hydroxyl groups is 1. The zero-order valence-electron chi connectivity index (χ0n) is 21.2. The first-order valence-corrected chi connectivity index (χ1v) is 12.9. The van der Waals surface area contributed by atoms with E-state index < -0.39 is 6.10 Å². The van der Waals surface area contributed by atoms with E-state index in [-0.39, 0.29) is 0 Å². The van der Waals surface area contributed by atoms with Gasteiger partial charge in [0, 0.05) is 18.7 Å². The lowest BCUT2D eigenvalue weighted by atomic mass is 10.00. The molecule has 0 aliphatic carbocycles. The Hall–Kier alpha value is -2.54. The number of aliphatic hydroxyl groups excluding tert-OH is 1. The Kier molecular flexibility index (Phi) is 9.46. The van der Waals surface area contributed by atoms with Crippen LogP contribution in [0, 0.1) is 0 Å². The number of hydrogen-bond acceptors (Lipinski definition) is 6. The molecule has 2 aromatic carbocycles. The van der Waals surface area contributed by atoms with Gasteiger partial charge in [-0.15, -0.1) is 0 Å². The Bertz CT molecular complexity index is 910. The summed E-state index contributed by atoms with van der Waals surface area (Å²) in [5.41, 5.74) is 2.07. The maximum Gasteiger partial charge on any atom is 0.123 e. The predicted octanol–water partition coefficient (Wildman–Crippen LogP) is 4.56. The number of benzene rings is 2. The van der Waals surface area contributed by atoms with E-state index >= 15 is 0 Å². The molecule has 0 saturated carbocycles. The van der Waals surface area contributed by atoms with E-state index in [0.717, 1.165) is 47.5 Å². The van der Waals surface area contributed by atoms with Crippen LogP contribution in [0.1, 0.15) is 43.2 Å². The highest BCUT2D eigenvalue weighted by Crippen LogP contribution is 2.24. The normalized spacial score (nSPS) is 19.1. The van der Waals surface area contributed by atoms with Gasteiger partial charge in [-0.25, -0.2) is 0 Å². The number of nitrogens with zero attached hydrogens (tertiary/aromatic N) is 2. The Labute approximate surface area is 210 Å². The van der Waals surface area contributed by atoms with Crippen molar-refractivity contribution in [3.63, 3.8) is 0 Å². The molecule has 35 heavy (non-hydrogen) atoms. The molecular weight excluding hydrogens is 440 g/mol. The van der Waals surface area contributed by atoms with Gasteiger partial charge in [0.15, 0.2) is 0 Å². The van der Waals surface area contributed by atoms with Crippen molar-refractivity contribution in [2.24, 2.45) is 0 Å². The van der Waals surface area contributed by atoms with Crippen LogP contribution in [0.15, 0.2) is 42.5 Å². The molecule has 1 unspecified atom stereocenters. The molecule has 2 saturated heterocycles. The van der Waals surface area contributed by atoms with Gasteiger partial charge in [-0.2, -0.15) is 0 Å². The lowest BCUT2D eigenvalue weighted by molar-refractivity contribution is 0.0406. The average molecular weight is 481 g/mol. The first-order valence-electron chi connectivity index (χ1n) is 12.9. The van der Waals surface area contributed by atoms with Gasteiger partial charge in [-0.3, -0.25) is 0 Å². The highest BCUT2D eigenvalue weighted by molar-refractivity contribution is 5.71. The zero-order valence-corrected chi connectivity index (χ0v) is 21.2. The molecule has 2 aliphatic heterocycles. The molecule has 6 nitrogen and oxygen atoms in total. The lowest BCUT2D eigenvalue weighted by Gasteiger charge is -2.40. The third kappa shape index (κ3) is 7.72. The molecule has 2 fully saturated rings. The van der Waals surface area contributed by atoms with E-state index in [1.165, 1.54) is 45.2 Å². The van der Waals surface area contributed by atoms with Gasteiger partial charge in [0.25, 0.3) is 0 Å². The third-order valence-corrected chi connectivity index (χ3v) is 7.10. The van der Waals surface area contributed by atoms with Gasteiger partial charge in [0.1, 0.15) is 30.0 Å². The van der Waals surface area contributed by atoms with Crippen molar-refractivity contribution in [3.05, 3.63) is 53.6 Å². The van der Waals surface area contributed by atoms with E-state index in [4.69, 9.17) is 14.2 Å². The number of methoxy groups -OCH3 is 2. The second kappa shape index (κ2) is 13.0. The van der Waals surface area contributed by atoms with E-state index in [9.17, 15) is 5.11 Å². The quantitative estimate of drug-likeness (QED) is 0.503. The van der Waals surface area contributed by atoms with Crippen LogP contribution < -0.4 is 14.2 Å². The Morgan fingerprint density at radius 1 is 0.829 bits per heavy atom. The van der Waals surface area contributed by atoms with Gasteiger partial charge >= 0.3 is 0 Å². The number of hydrogen-bond donors (Lipinski definition) is 1. The maximum atomic E-state index is 10.5. The second-order valence-electron chi connectivity index (χ2n) is 9.64. The smallest absolute Gasteiger partial charge is 0.123 e. The molecule has 4 rings (SSSR count). The van der Waals surface area contributed by atoms with E-state index in [0.29, 0.717) is 13.2 Å². The van der Waals surface area contributed by atoms with Crippen molar-refractivity contribution in [1.29, 1.82) is 0 Å². The van der Waals surface area contributed by atoms with Crippen molar-refractivity contribution in [2.75, 3.05) is 53.6 Å². The zero-order chi connectivity index (χ0) is 24.5. The molecule has 2 aromatic rings. The molecular formula is C29H40N2O4. The average Bonchev–Trinajstić information content (AvgIpc) is 2.92. The van der Waals surface area contributed by atoms with Crippen LogP contribution in [-0.2, 0) is 0 Å². The van der Waals surface area contributed by atoms with Crippen LogP contribution in [0.2, 0.25) is 0 Å². The Morgan fingerprint density at radius 2 is 1.46 bits per heavy atom. The largest absolute Gasteiger partial charge is 0.497 e. The number of ether oxygens (including phenoxy) is 3. The van der Waals surface area contributed by atoms with Crippen LogP contribution in [-0.4, -0.2) is 80.6 Å².